The molecule has 0 saturated carbocycles. The van der Waals surface area contributed by atoms with E-state index in [2.05, 4.69) is 0 Å². The summed E-state index contributed by atoms with van der Waals surface area (Å²) >= 11 is 5.71. The third-order valence-electron chi connectivity index (χ3n) is 2.00. The number of ether oxygens (including phenoxy) is 1. The predicted molar refractivity (Wildman–Crippen MR) is 52.6 cm³/mol. The maximum Gasteiger partial charge on any atom is 0.338 e. The molecule has 78 valence electrons. The molecule has 0 fully saturated rings. The van der Waals surface area contributed by atoms with Gasteiger partial charge in [0.2, 0.25) is 0 Å². The highest BCUT2D eigenvalue weighted by molar-refractivity contribution is 6.30. The quantitative estimate of drug-likeness (QED) is 0.803. The summed E-state index contributed by atoms with van der Waals surface area (Å²) in [5.41, 5.74) is 0.0403. The van der Waals surface area contributed by atoms with Crippen molar-refractivity contribution in [1.29, 1.82) is 0 Å². The zero-order valence-electron chi connectivity index (χ0n) is 7.41. The fourth-order valence-corrected chi connectivity index (χ4v) is 1.49. The summed E-state index contributed by atoms with van der Waals surface area (Å²) in [6.45, 7) is 0. The molecule has 0 spiro atoms. The average Bonchev–Trinajstić information content (AvgIpc) is 2.17. The summed E-state index contributed by atoms with van der Waals surface area (Å²) in [4.78, 5) is 10.6. The van der Waals surface area contributed by atoms with Crippen LogP contribution in [0, 0.1) is 0 Å². The average molecular weight is 229 g/mol. The minimum absolute atomic E-state index is 0.289. The van der Waals surface area contributed by atoms with Crippen LogP contribution >= 0.6 is 11.6 Å². The van der Waals surface area contributed by atoms with Gasteiger partial charge in [0.1, 0.15) is 11.3 Å². The van der Waals surface area contributed by atoms with Gasteiger partial charge in [0.05, 0.1) is 0 Å². The van der Waals surface area contributed by atoms with Crippen molar-refractivity contribution in [3.63, 3.8) is 0 Å². The minimum Gasteiger partial charge on any atom is -0.478 e. The van der Waals surface area contributed by atoms with Gasteiger partial charge in [-0.1, -0.05) is 11.6 Å². The van der Waals surface area contributed by atoms with E-state index in [0.717, 1.165) is 0 Å². The number of rotatable bonds is 1. The van der Waals surface area contributed by atoms with E-state index in [4.69, 9.17) is 21.4 Å². The molecule has 0 saturated heterocycles. The molecule has 1 aliphatic heterocycles. The number of hydrogen-bond acceptors (Lipinski definition) is 2. The molecule has 0 aliphatic carbocycles. The highest BCUT2D eigenvalue weighted by Crippen LogP contribution is 2.32. The molecule has 2 rings (SSSR count). The number of alkyl halides is 1. The summed E-state index contributed by atoms with van der Waals surface area (Å²) in [5.74, 6) is -1.05. The molecule has 0 bridgehead atoms. The Hall–Kier alpha value is -1.55. The summed E-state index contributed by atoms with van der Waals surface area (Å²) < 4.78 is 18.0. The van der Waals surface area contributed by atoms with E-state index in [1.807, 2.05) is 0 Å². The molecule has 1 unspecified atom stereocenters. The highest BCUT2D eigenvalue weighted by atomic mass is 35.5. The zero-order valence-corrected chi connectivity index (χ0v) is 8.16. The molecular formula is C10H6ClFO3. The van der Waals surface area contributed by atoms with Gasteiger partial charge in [0.15, 0.2) is 0 Å². The number of halogens is 2. The number of hydrogen-bond donors (Lipinski definition) is 1. The van der Waals surface area contributed by atoms with E-state index in [9.17, 15) is 9.18 Å². The molecule has 1 atom stereocenters. The number of carboxylic acids is 1. The third-order valence-corrected chi connectivity index (χ3v) is 2.24. The smallest absolute Gasteiger partial charge is 0.338 e. The summed E-state index contributed by atoms with van der Waals surface area (Å²) in [6, 6.07) is 4.57. The van der Waals surface area contributed by atoms with E-state index in [0.29, 0.717) is 10.6 Å². The lowest BCUT2D eigenvalue weighted by Crippen LogP contribution is -2.22. The number of benzene rings is 1. The first-order chi connectivity index (χ1) is 7.08. The van der Waals surface area contributed by atoms with Gasteiger partial charge in [-0.25, -0.2) is 4.79 Å². The number of aliphatic carboxylic acids is 1. The van der Waals surface area contributed by atoms with Crippen LogP contribution in [-0.4, -0.2) is 17.4 Å². The van der Waals surface area contributed by atoms with E-state index in [-0.39, 0.29) is 5.75 Å². The zero-order chi connectivity index (χ0) is 11.0. The van der Waals surface area contributed by atoms with Crippen LogP contribution in [0.4, 0.5) is 4.39 Å². The monoisotopic (exact) mass is 228 g/mol. The normalized spacial score (nSPS) is 18.8. The van der Waals surface area contributed by atoms with Gasteiger partial charge in [-0.3, -0.25) is 0 Å². The van der Waals surface area contributed by atoms with Gasteiger partial charge in [0, 0.05) is 10.6 Å². The fraction of sp³-hybridized carbons (Fsp3) is 0.100. The Kier molecular flexibility index (Phi) is 2.36. The Morgan fingerprint density at radius 2 is 2.27 bits per heavy atom. The van der Waals surface area contributed by atoms with Crippen molar-refractivity contribution in [3.8, 4) is 5.75 Å². The second-order valence-electron chi connectivity index (χ2n) is 3.02. The lowest BCUT2D eigenvalue weighted by molar-refractivity contribution is -0.134. The van der Waals surface area contributed by atoms with Crippen molar-refractivity contribution in [2.24, 2.45) is 0 Å². The molecule has 1 aromatic rings. The van der Waals surface area contributed by atoms with Crippen molar-refractivity contribution in [2.45, 2.75) is 6.36 Å². The van der Waals surface area contributed by atoms with E-state index >= 15 is 0 Å². The van der Waals surface area contributed by atoms with Crippen LogP contribution in [0.15, 0.2) is 23.8 Å². The van der Waals surface area contributed by atoms with Crippen LogP contribution in [0.2, 0.25) is 5.02 Å². The molecular weight excluding hydrogens is 223 g/mol. The Morgan fingerprint density at radius 1 is 1.53 bits per heavy atom. The Morgan fingerprint density at radius 3 is 2.93 bits per heavy atom. The Labute approximate surface area is 89.7 Å². The second-order valence-corrected chi connectivity index (χ2v) is 3.46. The molecule has 0 amide bonds. The van der Waals surface area contributed by atoms with Crippen molar-refractivity contribution >= 4 is 23.6 Å². The third kappa shape index (κ3) is 1.80. The van der Waals surface area contributed by atoms with Crippen molar-refractivity contribution < 1.29 is 19.0 Å². The number of fused-ring (bicyclic) bond motifs is 1. The topological polar surface area (TPSA) is 46.5 Å². The van der Waals surface area contributed by atoms with Gasteiger partial charge >= 0.3 is 5.97 Å². The summed E-state index contributed by atoms with van der Waals surface area (Å²) in [7, 11) is 0. The van der Waals surface area contributed by atoms with Crippen LogP contribution in [-0.2, 0) is 4.79 Å². The standard InChI is InChI=1S/C10H6ClFO3/c11-6-1-2-8-5(3-6)4-7(10(13)14)9(12)15-8/h1-4,9H,(H,13,14). The maximum absolute atomic E-state index is 13.2. The van der Waals surface area contributed by atoms with E-state index in [1.165, 1.54) is 18.2 Å². The lowest BCUT2D eigenvalue weighted by atomic mass is 10.1. The highest BCUT2D eigenvalue weighted by Gasteiger charge is 2.26. The van der Waals surface area contributed by atoms with E-state index in [1.54, 1.807) is 6.07 Å². The van der Waals surface area contributed by atoms with Crippen molar-refractivity contribution in [1.82, 2.24) is 0 Å². The Balaban J connectivity index is 2.51. The molecule has 5 heteroatoms. The molecule has 1 aromatic carbocycles. The van der Waals surface area contributed by atoms with Crippen molar-refractivity contribution in [3.05, 3.63) is 34.4 Å². The lowest BCUT2D eigenvalue weighted by Gasteiger charge is -2.19. The molecule has 0 aromatic heterocycles. The van der Waals surface area contributed by atoms with Crippen molar-refractivity contribution in [2.75, 3.05) is 0 Å². The molecule has 0 radical (unpaired) electrons. The first kappa shape index (κ1) is 9.98. The van der Waals surface area contributed by atoms with Crippen LogP contribution < -0.4 is 4.74 Å². The molecule has 1 heterocycles. The minimum atomic E-state index is -1.93. The SMILES string of the molecule is O=C(O)C1=Cc2cc(Cl)ccc2OC1F. The number of carbonyl (C=O) groups is 1. The predicted octanol–water partition coefficient (Wildman–Crippen LogP) is 2.50. The van der Waals surface area contributed by atoms with Gasteiger partial charge in [-0.2, -0.15) is 4.39 Å². The molecule has 3 nitrogen and oxygen atoms in total. The largest absolute Gasteiger partial charge is 0.478 e. The van der Waals surface area contributed by atoms with Crippen LogP contribution in [0.1, 0.15) is 5.56 Å². The van der Waals surface area contributed by atoms with Crippen LogP contribution in [0.3, 0.4) is 0 Å². The summed E-state index contributed by atoms with van der Waals surface area (Å²) in [5, 5.41) is 9.12. The van der Waals surface area contributed by atoms with Crippen LogP contribution in [0.5, 0.6) is 5.75 Å². The van der Waals surface area contributed by atoms with Gasteiger partial charge in [-0.05, 0) is 24.3 Å². The van der Waals surface area contributed by atoms with Gasteiger partial charge in [0.25, 0.3) is 6.36 Å². The van der Waals surface area contributed by atoms with Crippen LogP contribution in [0.25, 0.3) is 6.08 Å². The van der Waals surface area contributed by atoms with E-state index < -0.39 is 17.9 Å². The molecule has 15 heavy (non-hydrogen) atoms. The first-order valence-corrected chi connectivity index (χ1v) is 4.51. The molecule has 1 aliphatic rings. The maximum atomic E-state index is 13.2. The first-order valence-electron chi connectivity index (χ1n) is 4.13. The van der Waals surface area contributed by atoms with Gasteiger partial charge < -0.3 is 9.84 Å². The number of carboxylic acid groups (broad SMARTS) is 1. The summed E-state index contributed by atoms with van der Waals surface area (Å²) in [6.07, 6.45) is -0.714. The Bertz CT molecular complexity index is 456. The fourth-order valence-electron chi connectivity index (χ4n) is 1.31. The van der Waals surface area contributed by atoms with Gasteiger partial charge in [-0.15, -0.1) is 0 Å². The second kappa shape index (κ2) is 3.55. The molecule has 1 N–H and O–H groups in total.